The molecule has 0 fully saturated rings. The number of rotatable bonds is 4. The molecule has 1 aromatic rings. The molecule has 2 N–H and O–H groups in total. The van der Waals surface area contributed by atoms with Gasteiger partial charge in [-0.3, -0.25) is 4.79 Å². The van der Waals surface area contributed by atoms with Gasteiger partial charge in [0.05, 0.1) is 18.5 Å². The Balaban J connectivity index is 2.99. The van der Waals surface area contributed by atoms with E-state index < -0.39 is 0 Å². The monoisotopic (exact) mass is 217 g/mol. The average molecular weight is 218 g/mol. The maximum absolute atomic E-state index is 11.4. The van der Waals surface area contributed by atoms with Gasteiger partial charge in [-0.2, -0.15) is 5.10 Å². The summed E-state index contributed by atoms with van der Waals surface area (Å²) in [5.74, 6) is 0. The quantitative estimate of drug-likeness (QED) is 0.763. The number of aryl methyl sites for hydroxylation is 1. The summed E-state index contributed by atoms with van der Waals surface area (Å²) in [7, 11) is 0. The topological polar surface area (TPSA) is 67.2 Å². The minimum atomic E-state index is -0.322. The second-order valence-electron chi connectivity index (χ2n) is 2.64. The third-order valence-corrected chi connectivity index (χ3v) is 2.08. The highest BCUT2D eigenvalue weighted by Crippen LogP contribution is 2.14. The average Bonchev–Trinajstić information content (AvgIpc) is 2.20. The van der Waals surface area contributed by atoms with E-state index in [-0.39, 0.29) is 17.2 Å². The molecule has 5 nitrogen and oxygen atoms in total. The SMILES string of the molecule is CCn1ncc(NCCO)c(Cl)c1=O. The van der Waals surface area contributed by atoms with E-state index in [9.17, 15) is 4.79 Å². The van der Waals surface area contributed by atoms with Gasteiger partial charge in [-0.05, 0) is 6.92 Å². The summed E-state index contributed by atoms with van der Waals surface area (Å²) in [5.41, 5.74) is 0.132. The Kier molecular flexibility index (Phi) is 3.91. The van der Waals surface area contributed by atoms with Crippen LogP contribution in [0.2, 0.25) is 5.02 Å². The molecule has 0 spiro atoms. The molecule has 0 saturated heterocycles. The normalized spacial score (nSPS) is 10.2. The maximum atomic E-state index is 11.4. The smallest absolute Gasteiger partial charge is 0.287 e. The molecule has 0 aromatic carbocycles. The third kappa shape index (κ3) is 2.24. The van der Waals surface area contributed by atoms with E-state index in [1.54, 1.807) is 0 Å². The summed E-state index contributed by atoms with van der Waals surface area (Å²) < 4.78 is 1.27. The molecule has 0 aliphatic heterocycles. The van der Waals surface area contributed by atoms with Crippen LogP contribution in [0.5, 0.6) is 0 Å². The molecule has 0 unspecified atom stereocenters. The fourth-order valence-electron chi connectivity index (χ4n) is 1.00. The Morgan fingerprint density at radius 3 is 3.00 bits per heavy atom. The number of aliphatic hydroxyl groups is 1. The van der Waals surface area contributed by atoms with Crippen LogP contribution in [0.25, 0.3) is 0 Å². The third-order valence-electron chi connectivity index (χ3n) is 1.71. The van der Waals surface area contributed by atoms with Crippen LogP contribution in [-0.2, 0) is 6.54 Å². The molecule has 0 aliphatic rings. The molecule has 0 atom stereocenters. The van der Waals surface area contributed by atoms with Crippen LogP contribution in [0.15, 0.2) is 11.0 Å². The number of aliphatic hydroxyl groups excluding tert-OH is 1. The van der Waals surface area contributed by atoms with Gasteiger partial charge in [0, 0.05) is 13.1 Å². The van der Waals surface area contributed by atoms with Gasteiger partial charge in [0.15, 0.2) is 0 Å². The van der Waals surface area contributed by atoms with Gasteiger partial charge in [0.1, 0.15) is 5.02 Å². The lowest BCUT2D eigenvalue weighted by molar-refractivity contribution is 0.311. The largest absolute Gasteiger partial charge is 0.395 e. The molecule has 6 heteroatoms. The van der Waals surface area contributed by atoms with Crippen molar-refractivity contribution in [3.8, 4) is 0 Å². The fourth-order valence-corrected chi connectivity index (χ4v) is 1.22. The molecule has 1 heterocycles. The predicted octanol–water partition coefficient (Wildman–Crippen LogP) is 0.321. The first-order valence-electron chi connectivity index (χ1n) is 4.31. The zero-order valence-corrected chi connectivity index (χ0v) is 8.58. The zero-order chi connectivity index (χ0) is 10.6. The number of halogens is 1. The first kappa shape index (κ1) is 11.0. The van der Waals surface area contributed by atoms with E-state index >= 15 is 0 Å². The Labute approximate surface area is 86.3 Å². The Morgan fingerprint density at radius 1 is 1.71 bits per heavy atom. The number of nitrogens with one attached hydrogen (secondary N) is 1. The second-order valence-corrected chi connectivity index (χ2v) is 3.02. The minimum Gasteiger partial charge on any atom is -0.395 e. The van der Waals surface area contributed by atoms with Crippen molar-refractivity contribution in [2.45, 2.75) is 13.5 Å². The number of aromatic nitrogens is 2. The number of hydrogen-bond acceptors (Lipinski definition) is 4. The number of hydrogen-bond donors (Lipinski definition) is 2. The van der Waals surface area contributed by atoms with Crippen molar-refractivity contribution in [1.82, 2.24) is 9.78 Å². The Bertz CT molecular complexity index is 364. The van der Waals surface area contributed by atoms with E-state index in [4.69, 9.17) is 16.7 Å². The predicted molar refractivity (Wildman–Crippen MR) is 54.8 cm³/mol. The van der Waals surface area contributed by atoms with Crippen LogP contribution in [0.4, 0.5) is 5.69 Å². The van der Waals surface area contributed by atoms with Crippen LogP contribution in [-0.4, -0.2) is 28.0 Å². The van der Waals surface area contributed by atoms with Gasteiger partial charge in [-0.15, -0.1) is 0 Å². The fraction of sp³-hybridized carbons (Fsp3) is 0.500. The van der Waals surface area contributed by atoms with Gasteiger partial charge in [-0.25, -0.2) is 4.68 Å². The minimum absolute atomic E-state index is 0.0206. The molecular weight excluding hydrogens is 206 g/mol. The molecule has 78 valence electrons. The van der Waals surface area contributed by atoms with E-state index in [2.05, 4.69) is 10.4 Å². The van der Waals surface area contributed by atoms with Gasteiger partial charge in [0.2, 0.25) is 0 Å². The highest BCUT2D eigenvalue weighted by atomic mass is 35.5. The number of anilines is 1. The van der Waals surface area contributed by atoms with E-state index in [0.717, 1.165) is 0 Å². The van der Waals surface area contributed by atoms with E-state index in [1.165, 1.54) is 10.9 Å². The van der Waals surface area contributed by atoms with Crippen molar-refractivity contribution in [2.75, 3.05) is 18.5 Å². The van der Waals surface area contributed by atoms with Crippen molar-refractivity contribution >= 4 is 17.3 Å². The van der Waals surface area contributed by atoms with E-state index in [0.29, 0.717) is 18.8 Å². The molecule has 1 aromatic heterocycles. The lowest BCUT2D eigenvalue weighted by Crippen LogP contribution is -2.23. The van der Waals surface area contributed by atoms with Crippen molar-refractivity contribution in [3.63, 3.8) is 0 Å². The van der Waals surface area contributed by atoms with Gasteiger partial charge in [0.25, 0.3) is 5.56 Å². The van der Waals surface area contributed by atoms with Crippen LogP contribution >= 0.6 is 11.6 Å². The van der Waals surface area contributed by atoms with Crippen molar-refractivity contribution in [3.05, 3.63) is 21.6 Å². The summed E-state index contributed by atoms with van der Waals surface area (Å²) in [5, 5.41) is 15.4. The zero-order valence-electron chi connectivity index (χ0n) is 7.83. The molecular formula is C8H12ClN3O2. The summed E-state index contributed by atoms with van der Waals surface area (Å²) in [6.45, 7) is 2.62. The molecule has 0 saturated carbocycles. The van der Waals surface area contributed by atoms with Crippen molar-refractivity contribution < 1.29 is 5.11 Å². The van der Waals surface area contributed by atoms with Crippen LogP contribution in [0.1, 0.15) is 6.92 Å². The summed E-state index contributed by atoms with van der Waals surface area (Å²) in [6.07, 6.45) is 1.48. The molecule has 0 aliphatic carbocycles. The highest BCUT2D eigenvalue weighted by Gasteiger charge is 2.06. The Hall–Kier alpha value is -1.07. The lowest BCUT2D eigenvalue weighted by atomic mass is 10.4. The molecule has 14 heavy (non-hydrogen) atoms. The summed E-state index contributed by atoms with van der Waals surface area (Å²) >= 11 is 5.80. The second kappa shape index (κ2) is 4.97. The summed E-state index contributed by atoms with van der Waals surface area (Å²) in [6, 6.07) is 0. The summed E-state index contributed by atoms with van der Waals surface area (Å²) in [4.78, 5) is 11.4. The van der Waals surface area contributed by atoms with Crippen molar-refractivity contribution in [1.29, 1.82) is 0 Å². The molecule has 0 amide bonds. The molecule has 0 bridgehead atoms. The first-order chi connectivity index (χ1) is 6.70. The Morgan fingerprint density at radius 2 is 2.43 bits per heavy atom. The van der Waals surface area contributed by atoms with Crippen LogP contribution in [0.3, 0.4) is 0 Å². The van der Waals surface area contributed by atoms with Crippen molar-refractivity contribution in [2.24, 2.45) is 0 Å². The van der Waals surface area contributed by atoms with Crippen LogP contribution < -0.4 is 10.9 Å². The first-order valence-corrected chi connectivity index (χ1v) is 4.68. The molecule has 1 rings (SSSR count). The van der Waals surface area contributed by atoms with Gasteiger partial charge >= 0.3 is 0 Å². The lowest BCUT2D eigenvalue weighted by Gasteiger charge is -2.07. The standard InChI is InChI=1S/C8H12ClN3O2/c1-2-12-8(14)7(9)6(5-11-12)10-3-4-13/h5,10,13H,2-4H2,1H3. The van der Waals surface area contributed by atoms with Gasteiger partial charge in [-0.1, -0.05) is 11.6 Å². The number of nitrogens with zero attached hydrogens (tertiary/aromatic N) is 2. The van der Waals surface area contributed by atoms with E-state index in [1.807, 2.05) is 6.92 Å². The maximum Gasteiger partial charge on any atom is 0.287 e. The molecule has 0 radical (unpaired) electrons. The van der Waals surface area contributed by atoms with Crippen LogP contribution in [0, 0.1) is 0 Å². The highest BCUT2D eigenvalue weighted by molar-refractivity contribution is 6.32. The van der Waals surface area contributed by atoms with Gasteiger partial charge < -0.3 is 10.4 Å².